The summed E-state index contributed by atoms with van der Waals surface area (Å²) in [4.78, 5) is 2.49. The lowest BCUT2D eigenvalue weighted by atomic mass is 10.1. The van der Waals surface area contributed by atoms with Crippen LogP contribution in [0.15, 0.2) is 24.3 Å². The topological polar surface area (TPSA) is 33.7 Å². The highest BCUT2D eigenvalue weighted by atomic mass is 16.5. The molecule has 21 heavy (non-hydrogen) atoms. The van der Waals surface area contributed by atoms with Crippen molar-refractivity contribution in [1.29, 1.82) is 0 Å². The number of hydrogen-bond acceptors (Lipinski definition) is 4. The first-order chi connectivity index (χ1) is 10.2. The summed E-state index contributed by atoms with van der Waals surface area (Å²) in [6, 6.07) is 8.88. The van der Waals surface area contributed by atoms with Gasteiger partial charge in [-0.25, -0.2) is 0 Å². The molecule has 1 unspecified atom stereocenters. The molecule has 0 radical (unpaired) electrons. The molecule has 0 aromatic heterocycles. The molecular formula is C17H28N2O2. The summed E-state index contributed by atoms with van der Waals surface area (Å²) in [6.45, 7) is 9.35. The first-order valence-electron chi connectivity index (χ1n) is 7.88. The molecule has 1 fully saturated rings. The van der Waals surface area contributed by atoms with E-state index in [4.69, 9.17) is 9.47 Å². The highest BCUT2D eigenvalue weighted by Gasteiger charge is 2.21. The van der Waals surface area contributed by atoms with Gasteiger partial charge in [-0.2, -0.15) is 0 Å². The summed E-state index contributed by atoms with van der Waals surface area (Å²) in [5.74, 6) is 0.913. The van der Waals surface area contributed by atoms with Gasteiger partial charge >= 0.3 is 0 Å². The van der Waals surface area contributed by atoms with Crippen molar-refractivity contribution in [2.45, 2.75) is 32.4 Å². The third-order valence-electron chi connectivity index (χ3n) is 4.02. The predicted octanol–water partition coefficient (Wildman–Crippen LogP) is 1.94. The normalized spacial score (nSPS) is 19.9. The Morgan fingerprint density at radius 1 is 1.33 bits per heavy atom. The second-order valence-electron chi connectivity index (χ2n) is 5.88. The van der Waals surface area contributed by atoms with Crippen LogP contribution < -0.4 is 10.1 Å². The molecule has 0 aliphatic carbocycles. The lowest BCUT2D eigenvalue weighted by Crippen LogP contribution is -2.49. The van der Waals surface area contributed by atoms with E-state index >= 15 is 0 Å². The molecule has 1 aromatic rings. The summed E-state index contributed by atoms with van der Waals surface area (Å²) in [5.41, 5.74) is 1.33. The fraction of sp³-hybridized carbons (Fsp3) is 0.647. The van der Waals surface area contributed by atoms with Crippen LogP contribution in [0, 0.1) is 0 Å². The van der Waals surface area contributed by atoms with Crippen LogP contribution in [0.25, 0.3) is 0 Å². The van der Waals surface area contributed by atoms with Gasteiger partial charge in [0.1, 0.15) is 5.75 Å². The van der Waals surface area contributed by atoms with Gasteiger partial charge in [0.05, 0.1) is 19.8 Å². The Kier molecular flexibility index (Phi) is 6.49. The maximum Gasteiger partial charge on any atom is 0.118 e. The second kappa shape index (κ2) is 8.37. The first-order valence-corrected chi connectivity index (χ1v) is 7.88. The number of ether oxygens (including phenoxy) is 2. The van der Waals surface area contributed by atoms with Crippen LogP contribution in [0.4, 0.5) is 0 Å². The molecule has 0 spiro atoms. The van der Waals surface area contributed by atoms with E-state index in [-0.39, 0.29) is 0 Å². The molecule has 1 atom stereocenters. The smallest absolute Gasteiger partial charge is 0.118 e. The Balaban J connectivity index is 1.64. The summed E-state index contributed by atoms with van der Waals surface area (Å²) in [5, 5.41) is 3.51. The Morgan fingerprint density at radius 3 is 2.76 bits per heavy atom. The lowest BCUT2D eigenvalue weighted by molar-refractivity contribution is -0.0370. The van der Waals surface area contributed by atoms with Crippen LogP contribution in [0.3, 0.4) is 0 Å². The molecule has 1 aliphatic rings. The van der Waals surface area contributed by atoms with Crippen LogP contribution >= 0.6 is 0 Å². The van der Waals surface area contributed by atoms with Gasteiger partial charge < -0.3 is 14.8 Å². The van der Waals surface area contributed by atoms with Gasteiger partial charge in [-0.1, -0.05) is 12.1 Å². The molecule has 0 amide bonds. The Hall–Kier alpha value is -1.10. The SMILES string of the molecule is COc1ccc(CCNCC2CN(C(C)C)CCO2)cc1. The van der Waals surface area contributed by atoms with E-state index in [1.807, 2.05) is 12.1 Å². The number of morpholine rings is 1. The number of nitrogens with zero attached hydrogens (tertiary/aromatic N) is 1. The van der Waals surface area contributed by atoms with Crippen LogP contribution in [0.1, 0.15) is 19.4 Å². The van der Waals surface area contributed by atoms with Crippen molar-refractivity contribution < 1.29 is 9.47 Å². The van der Waals surface area contributed by atoms with E-state index in [1.165, 1.54) is 5.56 Å². The van der Waals surface area contributed by atoms with Crippen LogP contribution in [0.2, 0.25) is 0 Å². The maximum atomic E-state index is 5.82. The quantitative estimate of drug-likeness (QED) is 0.779. The zero-order valence-electron chi connectivity index (χ0n) is 13.5. The number of nitrogens with one attached hydrogen (secondary N) is 1. The Bertz CT molecular complexity index is 406. The monoisotopic (exact) mass is 292 g/mol. The lowest BCUT2D eigenvalue weighted by Gasteiger charge is -2.35. The molecule has 1 aliphatic heterocycles. The average Bonchev–Trinajstić information content (AvgIpc) is 2.52. The Labute approximate surface area is 128 Å². The second-order valence-corrected chi connectivity index (χ2v) is 5.88. The zero-order valence-corrected chi connectivity index (χ0v) is 13.5. The molecule has 1 heterocycles. The van der Waals surface area contributed by atoms with Crippen molar-refractivity contribution in [3.63, 3.8) is 0 Å². The fourth-order valence-corrected chi connectivity index (χ4v) is 2.62. The van der Waals surface area contributed by atoms with Crippen molar-refractivity contribution in [2.75, 3.05) is 39.9 Å². The van der Waals surface area contributed by atoms with E-state index in [9.17, 15) is 0 Å². The number of rotatable bonds is 7. The molecular weight excluding hydrogens is 264 g/mol. The minimum atomic E-state index is 0.317. The van der Waals surface area contributed by atoms with Crippen LogP contribution in [0.5, 0.6) is 5.75 Å². The van der Waals surface area contributed by atoms with Crippen molar-refractivity contribution >= 4 is 0 Å². The highest BCUT2D eigenvalue weighted by molar-refractivity contribution is 5.27. The molecule has 0 bridgehead atoms. The highest BCUT2D eigenvalue weighted by Crippen LogP contribution is 2.11. The number of benzene rings is 1. The van der Waals surface area contributed by atoms with Crippen molar-refractivity contribution in [3.8, 4) is 5.75 Å². The van der Waals surface area contributed by atoms with Crippen LogP contribution in [-0.2, 0) is 11.2 Å². The number of hydrogen-bond donors (Lipinski definition) is 1. The molecule has 2 rings (SSSR count). The maximum absolute atomic E-state index is 5.82. The number of methoxy groups -OCH3 is 1. The van der Waals surface area contributed by atoms with E-state index in [0.717, 1.165) is 45.0 Å². The summed E-state index contributed by atoms with van der Waals surface area (Å²) < 4.78 is 11.0. The van der Waals surface area contributed by atoms with Gasteiger partial charge in [0.2, 0.25) is 0 Å². The average molecular weight is 292 g/mol. The minimum absolute atomic E-state index is 0.317. The molecule has 0 saturated carbocycles. The summed E-state index contributed by atoms with van der Waals surface area (Å²) in [7, 11) is 1.70. The summed E-state index contributed by atoms with van der Waals surface area (Å²) in [6.07, 6.45) is 1.35. The van der Waals surface area contributed by atoms with E-state index in [2.05, 4.69) is 36.2 Å². The van der Waals surface area contributed by atoms with Gasteiger partial charge in [0.25, 0.3) is 0 Å². The largest absolute Gasteiger partial charge is 0.497 e. The van der Waals surface area contributed by atoms with Gasteiger partial charge in [0, 0.05) is 25.7 Å². The van der Waals surface area contributed by atoms with E-state index in [0.29, 0.717) is 12.1 Å². The zero-order chi connectivity index (χ0) is 15.1. The van der Waals surface area contributed by atoms with Gasteiger partial charge in [-0.05, 0) is 44.5 Å². The van der Waals surface area contributed by atoms with Gasteiger partial charge in [0.15, 0.2) is 0 Å². The first kappa shape index (κ1) is 16.3. The molecule has 1 N–H and O–H groups in total. The van der Waals surface area contributed by atoms with Crippen LogP contribution in [-0.4, -0.2) is 56.9 Å². The standard InChI is InChI=1S/C17H28N2O2/c1-14(2)19-10-11-21-17(13-19)12-18-9-8-15-4-6-16(20-3)7-5-15/h4-7,14,17-18H,8-13H2,1-3H3. The molecule has 4 heteroatoms. The third-order valence-corrected chi connectivity index (χ3v) is 4.02. The molecule has 4 nitrogen and oxygen atoms in total. The minimum Gasteiger partial charge on any atom is -0.497 e. The van der Waals surface area contributed by atoms with Crippen molar-refractivity contribution in [1.82, 2.24) is 10.2 Å². The van der Waals surface area contributed by atoms with Gasteiger partial charge in [-0.3, -0.25) is 4.90 Å². The summed E-state index contributed by atoms with van der Waals surface area (Å²) >= 11 is 0. The molecule has 1 aromatic carbocycles. The van der Waals surface area contributed by atoms with E-state index in [1.54, 1.807) is 7.11 Å². The molecule has 1 saturated heterocycles. The van der Waals surface area contributed by atoms with E-state index < -0.39 is 0 Å². The predicted molar refractivity (Wildman–Crippen MR) is 86.0 cm³/mol. The third kappa shape index (κ3) is 5.30. The van der Waals surface area contributed by atoms with Crippen molar-refractivity contribution in [2.24, 2.45) is 0 Å². The van der Waals surface area contributed by atoms with Gasteiger partial charge in [-0.15, -0.1) is 0 Å². The van der Waals surface area contributed by atoms with Crippen molar-refractivity contribution in [3.05, 3.63) is 29.8 Å². The molecule has 118 valence electrons. The Morgan fingerprint density at radius 2 is 2.10 bits per heavy atom. The fourth-order valence-electron chi connectivity index (χ4n) is 2.62.